The highest BCUT2D eigenvalue weighted by Gasteiger charge is 2.26. The van der Waals surface area contributed by atoms with Gasteiger partial charge in [0, 0.05) is 32.7 Å². The van der Waals surface area contributed by atoms with E-state index in [-0.39, 0.29) is 18.4 Å². The van der Waals surface area contributed by atoms with Gasteiger partial charge in [0.2, 0.25) is 15.9 Å². The summed E-state index contributed by atoms with van der Waals surface area (Å²) in [5.41, 5.74) is 2.08. The Hall–Kier alpha value is -0.830. The zero-order valence-corrected chi connectivity index (χ0v) is 16.7. The predicted molar refractivity (Wildman–Crippen MR) is 97.4 cm³/mol. The zero-order chi connectivity index (χ0) is 17.2. The van der Waals surface area contributed by atoms with Gasteiger partial charge in [0.05, 0.1) is 24.6 Å². The van der Waals surface area contributed by atoms with Crippen LogP contribution in [0.4, 0.5) is 0 Å². The van der Waals surface area contributed by atoms with Crippen LogP contribution in [0.5, 0.6) is 5.88 Å². The molecule has 1 fully saturated rings. The SMILES string of the molecule is COc1c(CNC2CCCN(S(C)(=O)=O)C2)c(C(C)C)nn1C.Cl. The number of nitrogens with one attached hydrogen (secondary N) is 1. The second-order valence-corrected chi connectivity index (χ2v) is 8.47. The van der Waals surface area contributed by atoms with Crippen LogP contribution in [0, 0.1) is 0 Å². The summed E-state index contributed by atoms with van der Waals surface area (Å²) in [6.45, 7) is 5.99. The number of halogens is 1. The number of methoxy groups -OCH3 is 1. The number of aromatic nitrogens is 2. The van der Waals surface area contributed by atoms with Gasteiger partial charge < -0.3 is 10.1 Å². The largest absolute Gasteiger partial charge is 0.481 e. The lowest BCUT2D eigenvalue weighted by atomic mass is 10.0. The molecule has 0 aromatic carbocycles. The summed E-state index contributed by atoms with van der Waals surface area (Å²) in [4.78, 5) is 0. The van der Waals surface area contributed by atoms with Crippen molar-refractivity contribution in [3.05, 3.63) is 11.3 Å². The van der Waals surface area contributed by atoms with Crippen LogP contribution in [-0.4, -0.2) is 55.0 Å². The molecule has 1 N–H and O–H groups in total. The van der Waals surface area contributed by atoms with Crippen molar-refractivity contribution in [3.8, 4) is 5.88 Å². The maximum Gasteiger partial charge on any atom is 0.216 e. The number of ether oxygens (including phenoxy) is 1. The molecule has 1 aromatic heterocycles. The fraction of sp³-hybridized carbons (Fsp3) is 0.800. The van der Waals surface area contributed by atoms with Gasteiger partial charge in [-0.3, -0.25) is 0 Å². The molecule has 0 radical (unpaired) electrons. The number of hydrogen-bond donors (Lipinski definition) is 1. The summed E-state index contributed by atoms with van der Waals surface area (Å²) in [7, 11) is 0.405. The molecule has 0 bridgehead atoms. The summed E-state index contributed by atoms with van der Waals surface area (Å²) < 4.78 is 32.2. The van der Waals surface area contributed by atoms with Gasteiger partial charge in [-0.05, 0) is 18.8 Å². The minimum atomic E-state index is -3.12. The Morgan fingerprint density at radius 3 is 2.62 bits per heavy atom. The monoisotopic (exact) mass is 380 g/mol. The van der Waals surface area contributed by atoms with E-state index < -0.39 is 10.0 Å². The van der Waals surface area contributed by atoms with Crippen molar-refractivity contribution in [1.29, 1.82) is 0 Å². The van der Waals surface area contributed by atoms with Gasteiger partial charge in [-0.25, -0.2) is 17.4 Å². The predicted octanol–water partition coefficient (Wildman–Crippen LogP) is 1.49. The number of nitrogens with zero attached hydrogens (tertiary/aromatic N) is 3. The third kappa shape index (κ3) is 4.84. The lowest BCUT2D eigenvalue weighted by Crippen LogP contribution is -2.47. The van der Waals surface area contributed by atoms with E-state index in [4.69, 9.17) is 4.74 Å². The van der Waals surface area contributed by atoms with Gasteiger partial charge in [-0.2, -0.15) is 5.10 Å². The van der Waals surface area contributed by atoms with Gasteiger partial charge >= 0.3 is 0 Å². The van der Waals surface area contributed by atoms with Crippen molar-refractivity contribution in [2.75, 3.05) is 26.5 Å². The standard InChI is InChI=1S/C15H28N4O3S.ClH/c1-11(2)14-13(15(22-4)18(3)17-14)9-16-12-7-6-8-19(10-12)23(5,20)21;/h11-12,16H,6-10H2,1-5H3;1H. The summed E-state index contributed by atoms with van der Waals surface area (Å²) in [6.07, 6.45) is 3.13. The molecule has 1 aromatic rings. The quantitative estimate of drug-likeness (QED) is 0.809. The Morgan fingerprint density at radius 1 is 1.42 bits per heavy atom. The van der Waals surface area contributed by atoms with Crippen LogP contribution in [0.25, 0.3) is 0 Å². The van der Waals surface area contributed by atoms with E-state index in [1.165, 1.54) is 6.26 Å². The summed E-state index contributed by atoms with van der Waals surface area (Å²) >= 11 is 0. The normalized spacial score (nSPS) is 19.3. The molecule has 0 saturated carbocycles. The molecule has 1 aliphatic heterocycles. The van der Waals surface area contributed by atoms with Crippen molar-refractivity contribution in [3.63, 3.8) is 0 Å². The minimum absolute atomic E-state index is 0. The first-order chi connectivity index (χ1) is 10.7. The Balaban J connectivity index is 0.00000288. The Morgan fingerprint density at radius 2 is 2.08 bits per heavy atom. The highest BCUT2D eigenvalue weighted by Crippen LogP contribution is 2.27. The second kappa shape index (κ2) is 8.51. The smallest absolute Gasteiger partial charge is 0.216 e. The molecule has 2 rings (SSSR count). The first kappa shape index (κ1) is 21.2. The van der Waals surface area contributed by atoms with Crippen molar-refractivity contribution >= 4 is 22.4 Å². The topological polar surface area (TPSA) is 76.5 Å². The van der Waals surface area contributed by atoms with Gasteiger partial charge in [0.15, 0.2) is 0 Å². The van der Waals surface area contributed by atoms with Crippen molar-refractivity contribution in [1.82, 2.24) is 19.4 Å². The Bertz CT molecular complexity index is 645. The van der Waals surface area contributed by atoms with Crippen LogP contribution >= 0.6 is 12.4 Å². The molecule has 1 atom stereocenters. The van der Waals surface area contributed by atoms with Crippen molar-refractivity contribution in [2.24, 2.45) is 7.05 Å². The van der Waals surface area contributed by atoms with Crippen LogP contribution in [0.3, 0.4) is 0 Å². The van der Waals surface area contributed by atoms with Crippen LogP contribution < -0.4 is 10.1 Å². The van der Waals surface area contributed by atoms with Gasteiger partial charge in [-0.1, -0.05) is 13.8 Å². The molecule has 7 nitrogen and oxygen atoms in total. The molecule has 0 spiro atoms. The van der Waals surface area contributed by atoms with Crippen LogP contribution in [0.2, 0.25) is 0 Å². The first-order valence-electron chi connectivity index (χ1n) is 8.02. The average Bonchev–Trinajstić information content (AvgIpc) is 2.80. The summed E-state index contributed by atoms with van der Waals surface area (Å²) in [5, 5.41) is 8.03. The van der Waals surface area contributed by atoms with Crippen molar-refractivity contribution in [2.45, 2.75) is 45.2 Å². The number of rotatable bonds is 6. The lowest BCUT2D eigenvalue weighted by molar-refractivity contribution is 0.282. The third-order valence-electron chi connectivity index (χ3n) is 4.28. The fourth-order valence-electron chi connectivity index (χ4n) is 3.11. The molecule has 0 amide bonds. The molecule has 0 aliphatic carbocycles. The van der Waals surface area contributed by atoms with E-state index in [0.717, 1.165) is 30.0 Å². The number of aryl methyl sites for hydroxylation is 1. The molecular formula is C15H29ClN4O3S. The molecule has 1 aliphatic rings. The second-order valence-electron chi connectivity index (χ2n) is 6.49. The maximum atomic E-state index is 11.7. The summed E-state index contributed by atoms with van der Waals surface area (Å²) in [6, 6.07) is 0.156. The highest BCUT2D eigenvalue weighted by molar-refractivity contribution is 7.88. The van der Waals surface area contributed by atoms with E-state index in [2.05, 4.69) is 24.3 Å². The Labute approximate surface area is 151 Å². The molecule has 24 heavy (non-hydrogen) atoms. The van der Waals surface area contributed by atoms with Gasteiger partial charge in [0.1, 0.15) is 0 Å². The molecule has 1 unspecified atom stereocenters. The number of piperidine rings is 1. The number of hydrogen-bond acceptors (Lipinski definition) is 5. The number of sulfonamides is 1. The van der Waals surface area contributed by atoms with Gasteiger partial charge in [-0.15, -0.1) is 12.4 Å². The summed E-state index contributed by atoms with van der Waals surface area (Å²) in [5.74, 6) is 1.07. The molecular weight excluding hydrogens is 352 g/mol. The third-order valence-corrected chi connectivity index (χ3v) is 5.55. The first-order valence-corrected chi connectivity index (χ1v) is 9.87. The fourth-order valence-corrected chi connectivity index (χ4v) is 4.03. The van der Waals surface area contributed by atoms with E-state index in [1.807, 2.05) is 7.05 Å². The average molecular weight is 381 g/mol. The molecule has 2 heterocycles. The molecule has 140 valence electrons. The van der Waals surface area contributed by atoms with E-state index in [0.29, 0.717) is 25.6 Å². The van der Waals surface area contributed by atoms with Crippen LogP contribution in [0.1, 0.15) is 43.9 Å². The maximum absolute atomic E-state index is 11.7. The molecule has 1 saturated heterocycles. The van der Waals surface area contributed by atoms with E-state index in [1.54, 1.807) is 16.1 Å². The van der Waals surface area contributed by atoms with Crippen LogP contribution in [0.15, 0.2) is 0 Å². The highest BCUT2D eigenvalue weighted by atomic mass is 35.5. The Kier molecular flexibility index (Phi) is 7.52. The zero-order valence-electron chi connectivity index (χ0n) is 15.1. The molecule has 9 heteroatoms. The van der Waals surface area contributed by atoms with E-state index >= 15 is 0 Å². The van der Waals surface area contributed by atoms with Gasteiger partial charge in [0.25, 0.3) is 0 Å². The van der Waals surface area contributed by atoms with Crippen LogP contribution in [-0.2, 0) is 23.6 Å². The lowest BCUT2D eigenvalue weighted by Gasteiger charge is -2.31. The minimum Gasteiger partial charge on any atom is -0.481 e. The van der Waals surface area contributed by atoms with Crippen molar-refractivity contribution < 1.29 is 13.2 Å². The van der Waals surface area contributed by atoms with E-state index in [9.17, 15) is 8.42 Å².